The Balaban J connectivity index is 1.59. The van der Waals surface area contributed by atoms with Gasteiger partial charge in [0, 0.05) is 17.3 Å². The van der Waals surface area contributed by atoms with Crippen molar-refractivity contribution in [1.82, 2.24) is 4.98 Å². The van der Waals surface area contributed by atoms with Crippen LogP contribution in [0.15, 0.2) is 60.8 Å². The van der Waals surface area contributed by atoms with E-state index in [4.69, 9.17) is 4.74 Å². The van der Waals surface area contributed by atoms with E-state index in [-0.39, 0.29) is 18.6 Å². The number of amides is 1. The molecule has 0 spiro atoms. The van der Waals surface area contributed by atoms with Gasteiger partial charge in [-0.1, -0.05) is 18.2 Å². The Morgan fingerprint density at radius 2 is 1.84 bits per heavy atom. The zero-order valence-corrected chi connectivity index (χ0v) is 14.3. The van der Waals surface area contributed by atoms with Gasteiger partial charge in [0.15, 0.2) is 0 Å². The summed E-state index contributed by atoms with van der Waals surface area (Å²) in [6, 6.07) is 17.1. The second-order valence-corrected chi connectivity index (χ2v) is 5.97. The van der Waals surface area contributed by atoms with Crippen molar-refractivity contribution in [3.63, 3.8) is 0 Å². The molecule has 0 aliphatic carbocycles. The number of aromatic nitrogens is 1. The maximum atomic E-state index is 12.2. The van der Waals surface area contributed by atoms with Gasteiger partial charge in [-0.15, -0.1) is 0 Å². The number of anilines is 2. The van der Waals surface area contributed by atoms with Crippen molar-refractivity contribution < 1.29 is 9.53 Å². The van der Waals surface area contributed by atoms with E-state index in [0.717, 1.165) is 22.3 Å². The fraction of sp³-hybridized carbons (Fsp3) is 0.200. The first-order valence-corrected chi connectivity index (χ1v) is 8.26. The fourth-order valence-electron chi connectivity index (χ4n) is 2.51. The number of carbonyl (C=O) groups excluding carboxylic acids is 1. The van der Waals surface area contributed by atoms with Gasteiger partial charge in [-0.2, -0.15) is 0 Å². The van der Waals surface area contributed by atoms with Gasteiger partial charge in [-0.3, -0.25) is 9.78 Å². The Morgan fingerprint density at radius 1 is 1.08 bits per heavy atom. The number of rotatable bonds is 6. The van der Waals surface area contributed by atoms with Gasteiger partial charge in [0.05, 0.1) is 23.9 Å². The topological polar surface area (TPSA) is 63.2 Å². The summed E-state index contributed by atoms with van der Waals surface area (Å²) in [6.07, 6.45) is 1.86. The summed E-state index contributed by atoms with van der Waals surface area (Å²) in [7, 11) is 0. The summed E-state index contributed by atoms with van der Waals surface area (Å²) in [6.45, 7) is 4.14. The molecule has 25 heavy (non-hydrogen) atoms. The highest BCUT2D eigenvalue weighted by atomic mass is 16.5. The lowest BCUT2D eigenvalue weighted by atomic mass is 10.2. The van der Waals surface area contributed by atoms with Crippen LogP contribution in [0.1, 0.15) is 13.8 Å². The van der Waals surface area contributed by atoms with Crippen molar-refractivity contribution in [2.45, 2.75) is 20.0 Å². The Labute approximate surface area is 147 Å². The number of nitrogens with one attached hydrogen (secondary N) is 2. The largest absolute Gasteiger partial charge is 0.491 e. The molecule has 0 fully saturated rings. The van der Waals surface area contributed by atoms with Gasteiger partial charge in [0.1, 0.15) is 5.75 Å². The van der Waals surface area contributed by atoms with Crippen LogP contribution in [0.2, 0.25) is 0 Å². The van der Waals surface area contributed by atoms with Crippen LogP contribution >= 0.6 is 0 Å². The van der Waals surface area contributed by atoms with E-state index in [1.54, 1.807) is 6.20 Å². The van der Waals surface area contributed by atoms with Gasteiger partial charge < -0.3 is 15.4 Å². The van der Waals surface area contributed by atoms with Crippen molar-refractivity contribution in [2.75, 3.05) is 17.2 Å². The standard InChI is InChI=1S/C20H21N3O2/c1-14(2)25-17-10-8-16(9-11-17)22-13-19(24)23-18-7-3-5-15-6-4-12-21-20(15)18/h3-12,14,22H,13H2,1-2H3,(H,23,24). The number of carbonyl (C=O) groups is 1. The monoisotopic (exact) mass is 335 g/mol. The molecular weight excluding hydrogens is 314 g/mol. The molecule has 5 nitrogen and oxygen atoms in total. The average molecular weight is 335 g/mol. The number of ether oxygens (including phenoxy) is 1. The van der Waals surface area contributed by atoms with E-state index in [2.05, 4.69) is 15.6 Å². The van der Waals surface area contributed by atoms with Crippen LogP contribution in [0.3, 0.4) is 0 Å². The summed E-state index contributed by atoms with van der Waals surface area (Å²) >= 11 is 0. The predicted octanol–water partition coefficient (Wildman–Crippen LogP) is 4.07. The minimum absolute atomic E-state index is 0.124. The van der Waals surface area contributed by atoms with Crippen LogP contribution in [0, 0.1) is 0 Å². The highest BCUT2D eigenvalue weighted by Gasteiger charge is 2.06. The molecule has 5 heteroatoms. The number of hydrogen-bond donors (Lipinski definition) is 2. The second-order valence-electron chi connectivity index (χ2n) is 5.97. The molecule has 2 N–H and O–H groups in total. The molecule has 0 radical (unpaired) electrons. The first kappa shape index (κ1) is 16.8. The summed E-state index contributed by atoms with van der Waals surface area (Å²) in [5.41, 5.74) is 2.36. The number of pyridine rings is 1. The van der Waals surface area contributed by atoms with Crippen LogP contribution in [0.4, 0.5) is 11.4 Å². The SMILES string of the molecule is CC(C)Oc1ccc(NCC(=O)Nc2cccc3cccnc23)cc1. The molecule has 0 unspecified atom stereocenters. The van der Waals surface area contributed by atoms with Crippen molar-refractivity contribution in [3.8, 4) is 5.75 Å². The van der Waals surface area contributed by atoms with Crippen molar-refractivity contribution in [2.24, 2.45) is 0 Å². The second kappa shape index (κ2) is 7.66. The number of nitrogens with zero attached hydrogens (tertiary/aromatic N) is 1. The normalized spacial score (nSPS) is 10.7. The van der Waals surface area contributed by atoms with E-state index in [0.29, 0.717) is 5.69 Å². The minimum atomic E-state index is -0.124. The lowest BCUT2D eigenvalue weighted by Crippen LogP contribution is -2.21. The van der Waals surface area contributed by atoms with Gasteiger partial charge in [0.25, 0.3) is 0 Å². The first-order valence-electron chi connectivity index (χ1n) is 8.26. The van der Waals surface area contributed by atoms with Crippen molar-refractivity contribution in [3.05, 3.63) is 60.8 Å². The van der Waals surface area contributed by atoms with Crippen LogP contribution in [-0.2, 0) is 4.79 Å². The predicted molar refractivity (Wildman–Crippen MR) is 101 cm³/mol. The number of hydrogen-bond acceptors (Lipinski definition) is 4. The smallest absolute Gasteiger partial charge is 0.243 e. The van der Waals surface area contributed by atoms with E-state index < -0.39 is 0 Å². The van der Waals surface area contributed by atoms with Gasteiger partial charge in [0.2, 0.25) is 5.91 Å². The summed E-state index contributed by atoms with van der Waals surface area (Å²) in [5.74, 6) is 0.687. The molecule has 0 saturated carbocycles. The maximum Gasteiger partial charge on any atom is 0.243 e. The van der Waals surface area contributed by atoms with Gasteiger partial charge in [-0.05, 0) is 50.2 Å². The Morgan fingerprint density at radius 3 is 2.60 bits per heavy atom. The highest BCUT2D eigenvalue weighted by molar-refractivity contribution is 6.01. The molecule has 1 amide bonds. The molecule has 3 aromatic rings. The average Bonchev–Trinajstić information content (AvgIpc) is 2.61. The minimum Gasteiger partial charge on any atom is -0.491 e. The maximum absolute atomic E-state index is 12.2. The zero-order valence-electron chi connectivity index (χ0n) is 14.3. The number of fused-ring (bicyclic) bond motifs is 1. The molecule has 0 atom stereocenters. The Bertz CT molecular complexity index is 855. The third-order valence-corrected chi connectivity index (χ3v) is 3.59. The molecule has 1 aromatic heterocycles. The van der Waals surface area contributed by atoms with Crippen LogP contribution in [0.5, 0.6) is 5.75 Å². The molecule has 0 bridgehead atoms. The fourth-order valence-corrected chi connectivity index (χ4v) is 2.51. The van der Waals surface area contributed by atoms with Crippen LogP contribution in [0.25, 0.3) is 10.9 Å². The lowest BCUT2D eigenvalue weighted by molar-refractivity contribution is -0.114. The van der Waals surface area contributed by atoms with Crippen LogP contribution in [-0.4, -0.2) is 23.5 Å². The molecule has 1 heterocycles. The lowest BCUT2D eigenvalue weighted by Gasteiger charge is -2.11. The summed E-state index contributed by atoms with van der Waals surface area (Å²) < 4.78 is 5.60. The molecule has 2 aromatic carbocycles. The molecule has 3 rings (SSSR count). The van der Waals surface area contributed by atoms with Crippen LogP contribution < -0.4 is 15.4 Å². The third kappa shape index (κ3) is 4.47. The molecule has 128 valence electrons. The molecule has 0 saturated heterocycles. The van der Waals surface area contributed by atoms with E-state index >= 15 is 0 Å². The van der Waals surface area contributed by atoms with Gasteiger partial charge in [-0.25, -0.2) is 0 Å². The highest BCUT2D eigenvalue weighted by Crippen LogP contribution is 2.21. The summed E-state index contributed by atoms with van der Waals surface area (Å²) in [5, 5.41) is 7.00. The number of benzene rings is 2. The van der Waals surface area contributed by atoms with Crippen molar-refractivity contribution in [1.29, 1.82) is 0 Å². The quantitative estimate of drug-likeness (QED) is 0.713. The molecule has 0 aliphatic heterocycles. The molecule has 0 aliphatic rings. The van der Waals surface area contributed by atoms with E-state index in [9.17, 15) is 4.79 Å². The Kier molecular flexibility index (Phi) is 5.14. The Hall–Kier alpha value is -3.08. The van der Waals surface area contributed by atoms with Crippen molar-refractivity contribution >= 4 is 28.2 Å². The summed E-state index contributed by atoms with van der Waals surface area (Å²) in [4.78, 5) is 16.6. The third-order valence-electron chi connectivity index (χ3n) is 3.59. The number of para-hydroxylation sites is 1. The van der Waals surface area contributed by atoms with Gasteiger partial charge >= 0.3 is 0 Å². The first-order chi connectivity index (χ1) is 12.1. The zero-order chi connectivity index (χ0) is 17.6. The van der Waals surface area contributed by atoms with E-state index in [1.807, 2.05) is 68.4 Å². The molecular formula is C20H21N3O2. The van der Waals surface area contributed by atoms with E-state index in [1.165, 1.54) is 0 Å².